The van der Waals surface area contributed by atoms with Gasteiger partial charge >= 0.3 is 12.1 Å². The number of carbonyl (C=O) groups excluding carboxylic acids is 1. The molecule has 94 valence electrons. The highest BCUT2D eigenvalue weighted by Crippen LogP contribution is 2.13. The average Bonchev–Trinajstić information content (AvgIpc) is 2.11. The zero-order chi connectivity index (χ0) is 12.9. The van der Waals surface area contributed by atoms with E-state index in [1.807, 2.05) is 0 Å². The molecule has 1 amide bonds. The summed E-state index contributed by atoms with van der Waals surface area (Å²) in [7, 11) is 0. The van der Waals surface area contributed by atoms with Crippen LogP contribution >= 0.6 is 0 Å². The molecule has 0 aromatic carbocycles. The van der Waals surface area contributed by atoms with Crippen LogP contribution in [0.25, 0.3) is 0 Å². The second-order valence-corrected chi connectivity index (χ2v) is 3.31. The van der Waals surface area contributed by atoms with Crippen molar-refractivity contribution in [3.63, 3.8) is 0 Å². The van der Waals surface area contributed by atoms with Crippen LogP contribution in [-0.2, 0) is 9.59 Å². The van der Waals surface area contributed by atoms with Crippen molar-refractivity contribution in [3.05, 3.63) is 0 Å². The Labute approximate surface area is 90.0 Å². The first-order chi connectivity index (χ1) is 7.14. The second kappa shape index (κ2) is 5.69. The van der Waals surface area contributed by atoms with Gasteiger partial charge in [-0.05, 0) is 6.92 Å². The van der Waals surface area contributed by atoms with Crippen LogP contribution in [0.2, 0.25) is 0 Å². The van der Waals surface area contributed by atoms with E-state index in [9.17, 15) is 18.0 Å². The number of hydrogen-bond acceptors (Lipinski definition) is 3. The average molecular weight is 242 g/mol. The van der Waals surface area contributed by atoms with Crippen molar-refractivity contribution in [1.82, 2.24) is 10.6 Å². The number of carbonyl (C=O) groups is 2. The van der Waals surface area contributed by atoms with Gasteiger partial charge in [0.1, 0.15) is 0 Å². The first-order valence-electron chi connectivity index (χ1n) is 4.45. The summed E-state index contributed by atoms with van der Waals surface area (Å²) in [5.41, 5.74) is 0. The van der Waals surface area contributed by atoms with Crippen molar-refractivity contribution in [2.24, 2.45) is 0 Å². The van der Waals surface area contributed by atoms with Crippen molar-refractivity contribution >= 4 is 11.9 Å². The molecule has 0 aromatic rings. The topological polar surface area (TPSA) is 78.4 Å². The number of halogens is 3. The van der Waals surface area contributed by atoms with Gasteiger partial charge in [-0.3, -0.25) is 4.79 Å². The van der Waals surface area contributed by atoms with E-state index < -0.39 is 12.1 Å². The number of carboxylic acids is 1. The molecule has 1 aliphatic rings. The fraction of sp³-hybridized carbons (Fsp3) is 0.750. The molecule has 0 aromatic heterocycles. The quantitative estimate of drug-likeness (QED) is 0.610. The van der Waals surface area contributed by atoms with E-state index in [0.717, 1.165) is 6.54 Å². The highest BCUT2D eigenvalue weighted by Gasteiger charge is 2.38. The van der Waals surface area contributed by atoms with Crippen LogP contribution < -0.4 is 10.6 Å². The zero-order valence-electron chi connectivity index (χ0n) is 8.76. The molecule has 3 N–H and O–H groups in total. The monoisotopic (exact) mass is 242 g/mol. The van der Waals surface area contributed by atoms with Crippen molar-refractivity contribution in [2.45, 2.75) is 32.1 Å². The number of alkyl halides is 3. The fourth-order valence-electron chi connectivity index (χ4n) is 0.909. The molecule has 0 radical (unpaired) electrons. The second-order valence-electron chi connectivity index (χ2n) is 3.31. The largest absolute Gasteiger partial charge is 0.490 e. The maximum Gasteiger partial charge on any atom is 0.490 e. The number of rotatable bonds is 1. The van der Waals surface area contributed by atoms with Gasteiger partial charge in [0, 0.05) is 19.5 Å². The predicted octanol–water partition coefficient (Wildman–Crippen LogP) is 0.116. The smallest absolute Gasteiger partial charge is 0.475 e. The van der Waals surface area contributed by atoms with E-state index in [1.54, 1.807) is 6.92 Å². The molecular formula is C8H13F3N2O3. The normalized spacial score (nSPS) is 23.6. The van der Waals surface area contributed by atoms with E-state index in [0.29, 0.717) is 12.1 Å². The van der Waals surface area contributed by atoms with Gasteiger partial charge in [-0.1, -0.05) is 0 Å². The minimum Gasteiger partial charge on any atom is -0.475 e. The van der Waals surface area contributed by atoms with Crippen LogP contribution in [0.4, 0.5) is 13.2 Å². The third-order valence-corrected chi connectivity index (χ3v) is 1.89. The van der Waals surface area contributed by atoms with E-state index >= 15 is 0 Å². The molecule has 0 saturated carbocycles. The van der Waals surface area contributed by atoms with E-state index in [-0.39, 0.29) is 5.91 Å². The molecule has 0 spiro atoms. The molecular weight excluding hydrogens is 229 g/mol. The van der Waals surface area contributed by atoms with E-state index in [4.69, 9.17) is 9.90 Å². The van der Waals surface area contributed by atoms with Crippen molar-refractivity contribution in [1.29, 1.82) is 0 Å². The lowest BCUT2D eigenvalue weighted by Crippen LogP contribution is -2.63. The van der Waals surface area contributed by atoms with Crippen LogP contribution in [0.5, 0.6) is 0 Å². The maximum absolute atomic E-state index is 10.6. The summed E-state index contributed by atoms with van der Waals surface area (Å²) in [4.78, 5) is 19.3. The van der Waals surface area contributed by atoms with Gasteiger partial charge in [-0.2, -0.15) is 13.2 Å². The third kappa shape index (κ3) is 5.54. The molecule has 1 rings (SSSR count). The number of carboxylic acid groups (broad SMARTS) is 1. The Morgan fingerprint density at radius 2 is 1.88 bits per heavy atom. The van der Waals surface area contributed by atoms with Crippen LogP contribution in [0.3, 0.4) is 0 Å². The first-order valence-corrected chi connectivity index (χ1v) is 4.45. The molecule has 8 heteroatoms. The van der Waals surface area contributed by atoms with Crippen LogP contribution in [0.1, 0.15) is 13.8 Å². The Kier molecular flexibility index (Phi) is 5.22. The Morgan fingerprint density at radius 1 is 1.44 bits per heavy atom. The van der Waals surface area contributed by atoms with E-state index in [2.05, 4.69) is 17.6 Å². The standard InChI is InChI=1S/C6H12N2O.C2HF3O2/c1-4-6(3-7-4)8-5(2)9;3-2(4,5)1(6)7/h4,6-7H,3H2,1-2H3,(H,8,9);(H,6,7)/t4-,6-;/m1./s1. The first kappa shape index (κ1) is 14.7. The van der Waals surface area contributed by atoms with E-state index in [1.165, 1.54) is 0 Å². The molecule has 1 saturated heterocycles. The summed E-state index contributed by atoms with van der Waals surface area (Å²) in [5, 5.41) is 13.1. The molecule has 1 aliphatic heterocycles. The third-order valence-electron chi connectivity index (χ3n) is 1.89. The molecule has 1 fully saturated rings. The lowest BCUT2D eigenvalue weighted by molar-refractivity contribution is -0.192. The Balaban J connectivity index is 0.000000293. The number of nitrogens with one attached hydrogen (secondary N) is 2. The summed E-state index contributed by atoms with van der Waals surface area (Å²) < 4.78 is 31.7. The zero-order valence-corrected chi connectivity index (χ0v) is 8.76. The van der Waals surface area contributed by atoms with Crippen LogP contribution in [-0.4, -0.2) is 41.8 Å². The minimum atomic E-state index is -5.08. The molecule has 0 bridgehead atoms. The Hall–Kier alpha value is -1.31. The van der Waals surface area contributed by atoms with Gasteiger partial charge in [0.15, 0.2) is 0 Å². The predicted molar refractivity (Wildman–Crippen MR) is 48.8 cm³/mol. The molecule has 1 heterocycles. The number of hydrogen-bond donors (Lipinski definition) is 3. The van der Waals surface area contributed by atoms with Crippen LogP contribution in [0, 0.1) is 0 Å². The lowest BCUT2D eigenvalue weighted by Gasteiger charge is -2.35. The molecule has 0 aliphatic carbocycles. The number of amides is 1. The Bertz CT molecular complexity index is 268. The molecule has 5 nitrogen and oxygen atoms in total. The van der Waals surface area contributed by atoms with Gasteiger partial charge in [0.25, 0.3) is 0 Å². The van der Waals surface area contributed by atoms with Gasteiger partial charge in [-0.15, -0.1) is 0 Å². The molecule has 0 unspecified atom stereocenters. The summed E-state index contributed by atoms with van der Waals surface area (Å²) in [6.07, 6.45) is -5.08. The van der Waals surface area contributed by atoms with Gasteiger partial charge in [0.05, 0.1) is 6.04 Å². The minimum absolute atomic E-state index is 0.0633. The summed E-state index contributed by atoms with van der Waals surface area (Å²) in [6, 6.07) is 0.816. The summed E-state index contributed by atoms with van der Waals surface area (Å²) >= 11 is 0. The SMILES string of the molecule is CC(=O)N[C@@H]1CN[C@@H]1C.O=C(O)C(F)(F)F. The van der Waals surface area contributed by atoms with Gasteiger partial charge < -0.3 is 15.7 Å². The summed E-state index contributed by atoms with van der Waals surface area (Å²) in [6.45, 7) is 4.52. The highest BCUT2D eigenvalue weighted by molar-refractivity contribution is 5.73. The summed E-state index contributed by atoms with van der Waals surface area (Å²) in [5.74, 6) is -2.69. The van der Waals surface area contributed by atoms with Gasteiger partial charge in [0.2, 0.25) is 5.91 Å². The molecule has 2 atom stereocenters. The Morgan fingerprint density at radius 3 is 1.94 bits per heavy atom. The molecule has 16 heavy (non-hydrogen) atoms. The maximum atomic E-state index is 10.6. The fourth-order valence-corrected chi connectivity index (χ4v) is 0.909. The van der Waals surface area contributed by atoms with Crippen molar-refractivity contribution in [3.8, 4) is 0 Å². The van der Waals surface area contributed by atoms with Crippen molar-refractivity contribution in [2.75, 3.05) is 6.54 Å². The van der Waals surface area contributed by atoms with Gasteiger partial charge in [-0.25, -0.2) is 4.79 Å². The lowest BCUT2D eigenvalue weighted by atomic mass is 10.0. The van der Waals surface area contributed by atoms with Crippen LogP contribution in [0.15, 0.2) is 0 Å². The highest BCUT2D eigenvalue weighted by atomic mass is 19.4. The number of aliphatic carboxylic acids is 1. The van der Waals surface area contributed by atoms with Crippen molar-refractivity contribution < 1.29 is 27.9 Å².